The molecule has 3 rings (SSSR count). The number of rotatable bonds is 5. The minimum absolute atomic E-state index is 0.0818. The van der Waals surface area contributed by atoms with Gasteiger partial charge in [-0.15, -0.1) is 11.3 Å². The molecule has 7 heteroatoms. The standard InChI is InChI=1S/C14H15N3O3S/c1-8(6-18-3)12-16-13(20-17-12)10-7-21-14(15-10)11-5-4-9(2)19-11/h4-5,7-8H,6H2,1-3H3. The second-order valence-corrected chi connectivity index (χ2v) is 5.62. The topological polar surface area (TPSA) is 74.2 Å². The van der Waals surface area contributed by atoms with Crippen molar-refractivity contribution in [3.63, 3.8) is 0 Å². The molecule has 1 unspecified atom stereocenters. The normalized spacial score (nSPS) is 12.7. The molecule has 0 radical (unpaired) electrons. The number of aromatic nitrogens is 3. The highest BCUT2D eigenvalue weighted by Crippen LogP contribution is 2.29. The molecule has 3 aromatic heterocycles. The number of ether oxygens (including phenoxy) is 1. The van der Waals surface area contributed by atoms with Crippen molar-refractivity contribution in [1.29, 1.82) is 0 Å². The summed E-state index contributed by atoms with van der Waals surface area (Å²) in [5.41, 5.74) is 0.660. The van der Waals surface area contributed by atoms with Crippen molar-refractivity contribution in [2.45, 2.75) is 19.8 Å². The van der Waals surface area contributed by atoms with E-state index in [2.05, 4.69) is 15.1 Å². The Morgan fingerprint density at radius 2 is 2.19 bits per heavy atom. The first-order valence-corrected chi connectivity index (χ1v) is 7.40. The van der Waals surface area contributed by atoms with Crippen LogP contribution in [0.5, 0.6) is 0 Å². The third kappa shape index (κ3) is 2.88. The molecule has 0 fully saturated rings. The van der Waals surface area contributed by atoms with E-state index in [1.54, 1.807) is 7.11 Å². The first kappa shape index (κ1) is 14.0. The molecule has 0 aliphatic rings. The van der Waals surface area contributed by atoms with E-state index >= 15 is 0 Å². The van der Waals surface area contributed by atoms with Crippen LogP contribution >= 0.6 is 11.3 Å². The predicted molar refractivity (Wildman–Crippen MR) is 78.1 cm³/mol. The molecule has 6 nitrogen and oxygen atoms in total. The average Bonchev–Trinajstić information content (AvgIpc) is 3.18. The van der Waals surface area contributed by atoms with Gasteiger partial charge in [-0.2, -0.15) is 4.98 Å². The molecule has 1 atom stereocenters. The van der Waals surface area contributed by atoms with Crippen molar-refractivity contribution in [2.75, 3.05) is 13.7 Å². The summed E-state index contributed by atoms with van der Waals surface area (Å²) >= 11 is 1.48. The molecule has 3 heterocycles. The average molecular weight is 305 g/mol. The SMILES string of the molecule is COCC(C)c1noc(-c2csc(-c3ccc(C)o3)n2)n1. The van der Waals surface area contributed by atoms with Crippen LogP contribution in [0.4, 0.5) is 0 Å². The maximum Gasteiger partial charge on any atom is 0.277 e. The van der Waals surface area contributed by atoms with Crippen molar-refractivity contribution in [3.05, 3.63) is 29.1 Å². The van der Waals surface area contributed by atoms with E-state index < -0.39 is 0 Å². The highest BCUT2D eigenvalue weighted by molar-refractivity contribution is 7.13. The van der Waals surface area contributed by atoms with Crippen LogP contribution in [0, 0.1) is 6.92 Å². The third-order valence-corrected chi connectivity index (χ3v) is 3.83. The zero-order chi connectivity index (χ0) is 14.8. The van der Waals surface area contributed by atoms with Gasteiger partial charge in [-0.1, -0.05) is 12.1 Å². The maximum atomic E-state index is 5.56. The molecule has 21 heavy (non-hydrogen) atoms. The summed E-state index contributed by atoms with van der Waals surface area (Å²) < 4.78 is 15.9. The smallest absolute Gasteiger partial charge is 0.277 e. The molecule has 0 aliphatic carbocycles. The molecule has 0 bridgehead atoms. The lowest BCUT2D eigenvalue weighted by atomic mass is 10.2. The molecule has 0 spiro atoms. The molecule has 0 saturated heterocycles. The second kappa shape index (κ2) is 5.79. The van der Waals surface area contributed by atoms with Crippen LogP contribution in [0.2, 0.25) is 0 Å². The van der Waals surface area contributed by atoms with E-state index in [9.17, 15) is 0 Å². The van der Waals surface area contributed by atoms with E-state index in [4.69, 9.17) is 13.7 Å². The van der Waals surface area contributed by atoms with Gasteiger partial charge in [0.05, 0.1) is 6.61 Å². The first-order valence-electron chi connectivity index (χ1n) is 6.52. The van der Waals surface area contributed by atoms with Crippen LogP contribution in [0.3, 0.4) is 0 Å². The summed E-state index contributed by atoms with van der Waals surface area (Å²) in [6.07, 6.45) is 0. The summed E-state index contributed by atoms with van der Waals surface area (Å²) in [5.74, 6) is 2.72. The van der Waals surface area contributed by atoms with Gasteiger partial charge in [-0.3, -0.25) is 0 Å². The predicted octanol–water partition coefficient (Wildman–Crippen LogP) is 3.51. The monoisotopic (exact) mass is 305 g/mol. The van der Waals surface area contributed by atoms with Crippen LogP contribution in [0.15, 0.2) is 26.5 Å². The van der Waals surface area contributed by atoms with Crippen molar-refractivity contribution >= 4 is 11.3 Å². The minimum atomic E-state index is 0.0818. The van der Waals surface area contributed by atoms with Gasteiger partial charge in [-0.05, 0) is 19.1 Å². The Morgan fingerprint density at radius 3 is 2.90 bits per heavy atom. The van der Waals surface area contributed by atoms with Crippen LogP contribution < -0.4 is 0 Å². The fourth-order valence-corrected chi connectivity index (χ4v) is 2.65. The van der Waals surface area contributed by atoms with E-state index in [1.807, 2.05) is 31.4 Å². The van der Waals surface area contributed by atoms with Gasteiger partial charge in [0.1, 0.15) is 11.5 Å². The fraction of sp³-hybridized carbons (Fsp3) is 0.357. The summed E-state index contributed by atoms with van der Waals surface area (Å²) in [4.78, 5) is 8.85. The van der Waals surface area contributed by atoms with Gasteiger partial charge in [0, 0.05) is 18.4 Å². The fourth-order valence-electron chi connectivity index (χ4n) is 1.90. The lowest BCUT2D eigenvalue weighted by molar-refractivity contribution is 0.180. The molecule has 3 aromatic rings. The van der Waals surface area contributed by atoms with Gasteiger partial charge >= 0.3 is 0 Å². The van der Waals surface area contributed by atoms with Crippen molar-refractivity contribution in [1.82, 2.24) is 15.1 Å². The van der Waals surface area contributed by atoms with Gasteiger partial charge in [0.15, 0.2) is 16.6 Å². The molecular weight excluding hydrogens is 290 g/mol. The number of aryl methyl sites for hydroxylation is 1. The van der Waals surface area contributed by atoms with Crippen LogP contribution in [0.1, 0.15) is 24.4 Å². The third-order valence-electron chi connectivity index (χ3n) is 2.97. The second-order valence-electron chi connectivity index (χ2n) is 4.76. The summed E-state index contributed by atoms with van der Waals surface area (Å²) in [6.45, 7) is 4.43. The number of thiazole rings is 1. The van der Waals surface area contributed by atoms with Crippen LogP contribution in [-0.2, 0) is 4.74 Å². The quantitative estimate of drug-likeness (QED) is 0.718. The molecule has 110 valence electrons. The number of methoxy groups -OCH3 is 1. The number of hydrogen-bond acceptors (Lipinski definition) is 7. The highest BCUT2D eigenvalue weighted by Gasteiger charge is 2.17. The Balaban J connectivity index is 1.83. The summed E-state index contributed by atoms with van der Waals surface area (Å²) in [7, 11) is 1.65. The molecule has 0 aromatic carbocycles. The highest BCUT2D eigenvalue weighted by atomic mass is 32.1. The Morgan fingerprint density at radius 1 is 1.33 bits per heavy atom. The zero-order valence-electron chi connectivity index (χ0n) is 12.0. The number of nitrogens with zero attached hydrogens (tertiary/aromatic N) is 3. The number of hydrogen-bond donors (Lipinski definition) is 0. The molecule has 0 N–H and O–H groups in total. The molecule has 0 amide bonds. The summed E-state index contributed by atoms with van der Waals surface area (Å²) in [5, 5.41) is 6.65. The largest absolute Gasteiger partial charge is 0.459 e. The van der Waals surface area contributed by atoms with E-state index in [0.29, 0.717) is 24.0 Å². The lowest BCUT2D eigenvalue weighted by Gasteiger charge is -2.02. The van der Waals surface area contributed by atoms with Crippen LogP contribution in [0.25, 0.3) is 22.4 Å². The molecule has 0 aliphatic heterocycles. The van der Waals surface area contributed by atoms with Gasteiger partial charge < -0.3 is 13.7 Å². The van der Waals surface area contributed by atoms with Crippen molar-refractivity contribution in [2.24, 2.45) is 0 Å². The Bertz CT molecular complexity index is 731. The van der Waals surface area contributed by atoms with Gasteiger partial charge in [-0.25, -0.2) is 4.98 Å². The Hall–Kier alpha value is -1.99. The van der Waals surface area contributed by atoms with Crippen molar-refractivity contribution < 1.29 is 13.7 Å². The lowest BCUT2D eigenvalue weighted by Crippen LogP contribution is -2.03. The van der Waals surface area contributed by atoms with Gasteiger partial charge in [0.2, 0.25) is 0 Å². The Kier molecular flexibility index (Phi) is 3.85. The molecular formula is C14H15N3O3S. The Labute approximate surface area is 125 Å². The first-order chi connectivity index (χ1) is 10.2. The van der Waals surface area contributed by atoms with Crippen LogP contribution in [-0.4, -0.2) is 28.8 Å². The number of furan rings is 1. The molecule has 0 saturated carbocycles. The van der Waals surface area contributed by atoms with Gasteiger partial charge in [0.25, 0.3) is 5.89 Å². The van der Waals surface area contributed by atoms with E-state index in [1.165, 1.54) is 11.3 Å². The van der Waals surface area contributed by atoms with E-state index in [-0.39, 0.29) is 5.92 Å². The minimum Gasteiger partial charge on any atom is -0.459 e. The zero-order valence-corrected chi connectivity index (χ0v) is 12.8. The summed E-state index contributed by atoms with van der Waals surface area (Å²) in [6, 6.07) is 3.81. The van der Waals surface area contributed by atoms with E-state index in [0.717, 1.165) is 16.5 Å². The maximum absolute atomic E-state index is 5.56. The van der Waals surface area contributed by atoms with Crippen molar-refractivity contribution in [3.8, 4) is 22.4 Å².